The number of carbonyl (C=O) groups excluding carboxylic acids is 1. The third kappa shape index (κ3) is 5.70. The number of nitrogens with zero attached hydrogens (tertiary/aromatic N) is 1. The van der Waals surface area contributed by atoms with E-state index in [1.54, 1.807) is 42.5 Å². The van der Waals surface area contributed by atoms with E-state index in [0.717, 1.165) is 11.1 Å². The predicted octanol–water partition coefficient (Wildman–Crippen LogP) is 3.84. The van der Waals surface area contributed by atoms with Crippen LogP contribution in [0.15, 0.2) is 76.7 Å². The Morgan fingerprint density at radius 2 is 1.52 bits per heavy atom. The molecule has 7 nitrogen and oxygen atoms in total. The first kappa shape index (κ1) is 22.0. The number of hydrazone groups is 1. The minimum atomic E-state index is -3.77. The molecule has 31 heavy (non-hydrogen) atoms. The van der Waals surface area contributed by atoms with Crippen LogP contribution in [-0.4, -0.2) is 27.7 Å². The van der Waals surface area contributed by atoms with Crippen LogP contribution in [-0.2, 0) is 10.0 Å². The SMILES string of the molecule is COc1cc(/C=N/NS(=O)(=O)c2ccc(C)cc2)ccc1OC(=O)c1ccc(C)cc1. The summed E-state index contributed by atoms with van der Waals surface area (Å²) in [4.78, 5) is 14.6. The molecule has 0 saturated heterocycles. The van der Waals surface area contributed by atoms with Gasteiger partial charge in [0.1, 0.15) is 0 Å². The van der Waals surface area contributed by atoms with Gasteiger partial charge >= 0.3 is 5.97 Å². The van der Waals surface area contributed by atoms with Gasteiger partial charge in [0.2, 0.25) is 0 Å². The molecule has 0 unspecified atom stereocenters. The van der Waals surface area contributed by atoms with Gasteiger partial charge in [-0.2, -0.15) is 13.5 Å². The Hall–Kier alpha value is -3.65. The minimum Gasteiger partial charge on any atom is -0.493 e. The van der Waals surface area contributed by atoms with Crippen molar-refractivity contribution in [2.24, 2.45) is 5.10 Å². The highest BCUT2D eigenvalue weighted by molar-refractivity contribution is 7.89. The molecule has 0 aliphatic carbocycles. The van der Waals surface area contributed by atoms with Gasteiger partial charge in [0.25, 0.3) is 10.0 Å². The molecule has 0 amide bonds. The lowest BCUT2D eigenvalue weighted by atomic mass is 10.1. The molecule has 0 aliphatic heterocycles. The molecule has 3 aromatic rings. The van der Waals surface area contributed by atoms with E-state index >= 15 is 0 Å². The summed E-state index contributed by atoms with van der Waals surface area (Å²) < 4.78 is 35.3. The molecule has 1 N–H and O–H groups in total. The largest absolute Gasteiger partial charge is 0.493 e. The zero-order valence-electron chi connectivity index (χ0n) is 17.3. The fraction of sp³-hybridized carbons (Fsp3) is 0.130. The van der Waals surface area contributed by atoms with E-state index in [1.165, 1.54) is 25.5 Å². The van der Waals surface area contributed by atoms with Crippen molar-refractivity contribution < 1.29 is 22.7 Å². The van der Waals surface area contributed by atoms with Crippen LogP contribution >= 0.6 is 0 Å². The van der Waals surface area contributed by atoms with Gasteiger partial charge < -0.3 is 9.47 Å². The molecule has 0 fully saturated rings. The highest BCUT2D eigenvalue weighted by atomic mass is 32.2. The van der Waals surface area contributed by atoms with E-state index < -0.39 is 16.0 Å². The molecule has 0 spiro atoms. The van der Waals surface area contributed by atoms with Crippen LogP contribution < -0.4 is 14.3 Å². The summed E-state index contributed by atoms with van der Waals surface area (Å²) in [6.07, 6.45) is 1.33. The maximum Gasteiger partial charge on any atom is 0.343 e. The van der Waals surface area contributed by atoms with Crippen LogP contribution in [0, 0.1) is 13.8 Å². The second kappa shape index (κ2) is 9.44. The number of ether oxygens (including phenoxy) is 2. The van der Waals surface area contributed by atoms with E-state index in [0.29, 0.717) is 16.9 Å². The van der Waals surface area contributed by atoms with Crippen molar-refractivity contribution in [3.05, 3.63) is 89.0 Å². The topological polar surface area (TPSA) is 94.1 Å². The number of rotatable bonds is 7. The van der Waals surface area contributed by atoms with Crippen molar-refractivity contribution in [3.8, 4) is 11.5 Å². The monoisotopic (exact) mass is 438 g/mol. The van der Waals surface area contributed by atoms with Crippen molar-refractivity contribution >= 4 is 22.2 Å². The number of carbonyl (C=O) groups is 1. The summed E-state index contributed by atoms with van der Waals surface area (Å²) in [6.45, 7) is 3.80. The number of methoxy groups -OCH3 is 1. The summed E-state index contributed by atoms with van der Waals surface area (Å²) in [5, 5.41) is 3.81. The summed E-state index contributed by atoms with van der Waals surface area (Å²) in [5.74, 6) is 0.0434. The molecule has 160 valence electrons. The van der Waals surface area contributed by atoms with Crippen LogP contribution in [0.5, 0.6) is 11.5 Å². The Bertz CT molecular complexity index is 1200. The zero-order chi connectivity index (χ0) is 22.4. The van der Waals surface area contributed by atoms with Gasteiger partial charge in [0.15, 0.2) is 11.5 Å². The van der Waals surface area contributed by atoms with Gasteiger partial charge in [0.05, 0.1) is 23.8 Å². The molecule has 3 rings (SSSR count). The number of aryl methyl sites for hydroxylation is 2. The summed E-state index contributed by atoms with van der Waals surface area (Å²) in [5.41, 5.74) is 2.97. The average molecular weight is 439 g/mol. The Balaban J connectivity index is 1.71. The summed E-state index contributed by atoms with van der Waals surface area (Å²) in [7, 11) is -2.33. The van der Waals surface area contributed by atoms with E-state index in [9.17, 15) is 13.2 Å². The highest BCUT2D eigenvalue weighted by Crippen LogP contribution is 2.28. The van der Waals surface area contributed by atoms with Gasteiger partial charge in [-0.05, 0) is 61.9 Å². The lowest BCUT2D eigenvalue weighted by molar-refractivity contribution is 0.0729. The predicted molar refractivity (Wildman–Crippen MR) is 118 cm³/mol. The minimum absolute atomic E-state index is 0.117. The van der Waals surface area contributed by atoms with Crippen LogP contribution in [0.4, 0.5) is 0 Å². The van der Waals surface area contributed by atoms with E-state index in [4.69, 9.17) is 9.47 Å². The van der Waals surface area contributed by atoms with Crippen molar-refractivity contribution in [1.82, 2.24) is 4.83 Å². The van der Waals surface area contributed by atoms with Crippen LogP contribution in [0.2, 0.25) is 0 Å². The quantitative estimate of drug-likeness (QED) is 0.262. The van der Waals surface area contributed by atoms with Gasteiger partial charge in [-0.1, -0.05) is 35.4 Å². The first-order valence-corrected chi connectivity index (χ1v) is 10.9. The number of hydrogen-bond donors (Lipinski definition) is 1. The smallest absolute Gasteiger partial charge is 0.343 e. The molecular weight excluding hydrogens is 416 g/mol. The Morgan fingerprint density at radius 1 is 0.903 bits per heavy atom. The number of sulfonamides is 1. The lowest BCUT2D eigenvalue weighted by Gasteiger charge is -2.10. The Kier molecular flexibility index (Phi) is 6.71. The third-order valence-electron chi connectivity index (χ3n) is 4.40. The second-order valence-corrected chi connectivity index (χ2v) is 8.49. The number of hydrogen-bond acceptors (Lipinski definition) is 6. The summed E-state index contributed by atoms with van der Waals surface area (Å²) in [6, 6.07) is 18.2. The lowest BCUT2D eigenvalue weighted by Crippen LogP contribution is -2.18. The average Bonchev–Trinajstić information content (AvgIpc) is 2.75. The van der Waals surface area contributed by atoms with Crippen molar-refractivity contribution in [1.29, 1.82) is 0 Å². The molecule has 0 heterocycles. The zero-order valence-corrected chi connectivity index (χ0v) is 18.1. The van der Waals surface area contributed by atoms with Crippen molar-refractivity contribution in [2.75, 3.05) is 7.11 Å². The molecular formula is C23H22N2O5S. The molecule has 0 radical (unpaired) electrons. The maximum absolute atomic E-state index is 12.3. The van der Waals surface area contributed by atoms with Crippen molar-refractivity contribution in [3.63, 3.8) is 0 Å². The normalized spacial score (nSPS) is 11.3. The molecule has 0 aliphatic rings. The number of benzene rings is 3. The Labute approximate surface area is 181 Å². The van der Waals surface area contributed by atoms with Crippen LogP contribution in [0.25, 0.3) is 0 Å². The standard InChI is InChI=1S/C23H22N2O5S/c1-16-4-9-19(10-5-16)23(26)30-21-13-8-18(14-22(21)29-3)15-24-25-31(27,28)20-11-6-17(2)7-12-20/h4-15,25H,1-3H3/b24-15+. The molecule has 3 aromatic carbocycles. The molecule has 8 heteroatoms. The Morgan fingerprint density at radius 3 is 2.13 bits per heavy atom. The van der Waals surface area contributed by atoms with E-state index in [2.05, 4.69) is 9.93 Å². The first-order chi connectivity index (χ1) is 14.8. The van der Waals surface area contributed by atoms with Gasteiger partial charge in [-0.3, -0.25) is 0 Å². The van der Waals surface area contributed by atoms with Crippen LogP contribution in [0.1, 0.15) is 27.0 Å². The van der Waals surface area contributed by atoms with Gasteiger partial charge in [0, 0.05) is 0 Å². The maximum atomic E-state index is 12.3. The molecule has 0 bridgehead atoms. The number of esters is 1. The molecule has 0 aromatic heterocycles. The van der Waals surface area contributed by atoms with Crippen LogP contribution in [0.3, 0.4) is 0 Å². The molecule has 0 atom stereocenters. The van der Waals surface area contributed by atoms with Gasteiger partial charge in [-0.15, -0.1) is 0 Å². The van der Waals surface area contributed by atoms with E-state index in [-0.39, 0.29) is 10.6 Å². The van der Waals surface area contributed by atoms with Crippen molar-refractivity contribution in [2.45, 2.75) is 18.7 Å². The second-order valence-electron chi connectivity index (χ2n) is 6.83. The van der Waals surface area contributed by atoms with E-state index in [1.807, 2.05) is 26.0 Å². The third-order valence-corrected chi connectivity index (χ3v) is 5.63. The molecule has 0 saturated carbocycles. The fourth-order valence-corrected chi connectivity index (χ4v) is 3.43. The first-order valence-electron chi connectivity index (χ1n) is 9.37. The summed E-state index contributed by atoms with van der Waals surface area (Å²) >= 11 is 0. The van der Waals surface area contributed by atoms with Gasteiger partial charge in [-0.25, -0.2) is 9.63 Å². The fourth-order valence-electron chi connectivity index (χ4n) is 2.64. The number of nitrogens with one attached hydrogen (secondary N) is 1. The highest BCUT2D eigenvalue weighted by Gasteiger charge is 2.14.